The number of pyridine rings is 1. The summed E-state index contributed by atoms with van der Waals surface area (Å²) in [5.41, 5.74) is 11.2. The van der Waals surface area contributed by atoms with E-state index in [1.54, 1.807) is 47.8 Å². The normalized spacial score (nSPS) is 18.7. The second kappa shape index (κ2) is 25.9. The van der Waals surface area contributed by atoms with Crippen molar-refractivity contribution in [3.63, 3.8) is 0 Å². The number of carbonyl (C=O) groups excluding carboxylic acids is 5. The first kappa shape index (κ1) is 56.3. The minimum atomic E-state index is -0.647. The number of halogens is 1. The first-order valence-corrected chi connectivity index (χ1v) is 27.2. The van der Waals surface area contributed by atoms with Gasteiger partial charge in [-0.2, -0.15) is 5.10 Å². The van der Waals surface area contributed by atoms with Crippen molar-refractivity contribution in [2.45, 2.75) is 149 Å². The lowest BCUT2D eigenvalue weighted by atomic mass is 9.79. The number of nitrogens with zero attached hydrogens (tertiary/aromatic N) is 6. The number of hydrogen-bond acceptors (Lipinski definition) is 11. The average Bonchev–Trinajstić information content (AvgIpc) is 4.16. The maximum Gasteiger partial charge on any atom is 0.254 e. The van der Waals surface area contributed by atoms with E-state index in [-0.39, 0.29) is 60.8 Å². The predicted molar refractivity (Wildman–Crippen MR) is 291 cm³/mol. The van der Waals surface area contributed by atoms with Gasteiger partial charge in [-0.05, 0) is 99.8 Å². The molecule has 18 heteroatoms. The molecule has 7 N–H and O–H groups in total. The molecule has 2 bridgehead atoms. The van der Waals surface area contributed by atoms with Gasteiger partial charge in [0.1, 0.15) is 17.7 Å². The maximum atomic E-state index is 14.7. The number of nitrogen functional groups attached to an aromatic ring is 1. The molecule has 4 aromatic rings. The van der Waals surface area contributed by atoms with E-state index >= 15 is 0 Å². The SMILES string of the molecule is CC[C@H](NC(=O)[C@H]1C[C@@H](NCCCCCCCCC(=O)NCCn2cc3c(n2)CN(C)C(=O)c2ccc(F)cc2[C@H]2CCCN2c2cc-3cnc2N)CN1C(=O)C(CNC(=O)[C@@H](C)NC)C(C)(C)C)c1ccccc1. The largest absolute Gasteiger partial charge is 0.382 e. The number of anilines is 2. The van der Waals surface area contributed by atoms with Crippen LogP contribution in [0.3, 0.4) is 0 Å². The van der Waals surface area contributed by atoms with E-state index in [4.69, 9.17) is 10.8 Å². The number of amides is 5. The van der Waals surface area contributed by atoms with E-state index in [2.05, 4.69) is 36.5 Å². The lowest BCUT2D eigenvalue weighted by Gasteiger charge is -2.35. The maximum absolute atomic E-state index is 14.7. The Morgan fingerprint density at radius 3 is 2.43 bits per heavy atom. The molecule has 1 unspecified atom stereocenters. The Kier molecular flexibility index (Phi) is 19.5. The van der Waals surface area contributed by atoms with Crippen molar-refractivity contribution in [1.82, 2.24) is 51.1 Å². The number of fused-ring (bicyclic) bond motifs is 8. The van der Waals surface area contributed by atoms with E-state index in [1.165, 1.54) is 12.1 Å². The molecule has 5 heterocycles. The zero-order valence-corrected chi connectivity index (χ0v) is 45.2. The molecule has 75 heavy (non-hydrogen) atoms. The van der Waals surface area contributed by atoms with E-state index in [9.17, 15) is 28.4 Å². The highest BCUT2D eigenvalue weighted by molar-refractivity contribution is 5.96. The summed E-state index contributed by atoms with van der Waals surface area (Å²) in [6.07, 6.45) is 12.6. The van der Waals surface area contributed by atoms with E-state index in [0.29, 0.717) is 68.1 Å². The molecule has 0 saturated carbocycles. The van der Waals surface area contributed by atoms with Crippen molar-refractivity contribution in [2.24, 2.45) is 11.3 Å². The summed E-state index contributed by atoms with van der Waals surface area (Å²) in [7, 11) is 3.45. The van der Waals surface area contributed by atoms with Crippen molar-refractivity contribution in [3.8, 4) is 11.1 Å². The van der Waals surface area contributed by atoms with E-state index in [0.717, 1.165) is 80.3 Å². The second-order valence-corrected chi connectivity index (χ2v) is 21.8. The zero-order valence-electron chi connectivity index (χ0n) is 45.2. The first-order chi connectivity index (χ1) is 36.0. The fourth-order valence-corrected chi connectivity index (χ4v) is 10.8. The highest BCUT2D eigenvalue weighted by Crippen LogP contribution is 2.42. The number of carbonyl (C=O) groups is 5. The number of likely N-dealkylation sites (tertiary alicyclic amines) is 1. The molecule has 2 aromatic carbocycles. The molecule has 5 amide bonds. The van der Waals surface area contributed by atoms with Gasteiger partial charge < -0.3 is 47.0 Å². The van der Waals surface area contributed by atoms with Gasteiger partial charge in [0, 0.05) is 74.8 Å². The van der Waals surface area contributed by atoms with Crippen molar-refractivity contribution >= 4 is 41.0 Å². The highest BCUT2D eigenvalue weighted by atomic mass is 19.1. The molecular formula is C57H81FN12O5. The highest BCUT2D eigenvalue weighted by Gasteiger charge is 2.45. The third-order valence-corrected chi connectivity index (χ3v) is 15.3. The fourth-order valence-electron chi connectivity index (χ4n) is 10.8. The van der Waals surface area contributed by atoms with Gasteiger partial charge in [-0.3, -0.25) is 28.7 Å². The Morgan fingerprint density at radius 2 is 1.69 bits per heavy atom. The molecule has 3 aliphatic heterocycles. The van der Waals surface area contributed by atoms with Crippen LogP contribution in [0.5, 0.6) is 0 Å². The van der Waals surface area contributed by atoms with Crippen LogP contribution >= 0.6 is 0 Å². The van der Waals surface area contributed by atoms with Crippen molar-refractivity contribution in [1.29, 1.82) is 0 Å². The molecule has 0 spiro atoms. The molecule has 406 valence electrons. The Morgan fingerprint density at radius 1 is 0.947 bits per heavy atom. The Balaban J connectivity index is 0.858. The standard InChI is InChI=1S/C57H81FN12O5/c1-8-46(38-19-14-13-15-20-38)65-54(73)50-31-41(34-70(50)56(75)45(57(3,4)5)33-64-53(72)37(2)60-6)61-25-17-12-10-9-11-16-22-51(71)62-26-28-68-35-44-39-29-49(52(59)63-32-39)69-27-18-21-48(69)43-30-40(58)23-24-42(43)55(74)67(7)36-47(44)66-68/h13-15,19-20,23-24,29-30,32,35,37,41,45-46,48,50,60-61H,8-12,16-18,21-22,25-28,31,33-34,36H2,1-7H3,(H2,59,63)(H,62,71)(H,64,72)(H,65,73)/t37-,41-,45?,46+,48-,50-/m1/s1. The van der Waals surface area contributed by atoms with E-state index in [1.807, 2.05) is 70.3 Å². The summed E-state index contributed by atoms with van der Waals surface area (Å²) in [6.45, 7) is 12.9. The van der Waals surface area contributed by atoms with Gasteiger partial charge in [-0.15, -0.1) is 0 Å². The van der Waals surface area contributed by atoms with Crippen molar-refractivity contribution < 1.29 is 28.4 Å². The quantitative estimate of drug-likeness (QED) is 0.0459. The number of unbranched alkanes of at least 4 members (excludes halogenated alkanes) is 5. The summed E-state index contributed by atoms with van der Waals surface area (Å²) in [4.78, 5) is 78.3. The Bertz CT molecular complexity index is 2600. The molecule has 6 atom stereocenters. The molecule has 0 aliphatic carbocycles. The van der Waals surface area contributed by atoms with Gasteiger partial charge in [0.05, 0.1) is 48.5 Å². The molecule has 7 rings (SSSR count). The smallest absolute Gasteiger partial charge is 0.254 e. The molecular weight excluding hydrogens is 952 g/mol. The summed E-state index contributed by atoms with van der Waals surface area (Å²) >= 11 is 0. The van der Waals surface area contributed by atoms with Gasteiger partial charge in [0.15, 0.2) is 0 Å². The summed E-state index contributed by atoms with van der Waals surface area (Å²) < 4.78 is 16.5. The number of nitrogens with two attached hydrogens (primary N) is 1. The molecule has 2 fully saturated rings. The number of hydrogen-bond donors (Lipinski definition) is 6. The van der Waals surface area contributed by atoms with Crippen LogP contribution in [-0.2, 0) is 32.3 Å². The van der Waals surface area contributed by atoms with Gasteiger partial charge in [0.2, 0.25) is 23.6 Å². The van der Waals surface area contributed by atoms with Crippen LogP contribution < -0.4 is 37.2 Å². The van der Waals surface area contributed by atoms with Gasteiger partial charge in [0.25, 0.3) is 5.91 Å². The monoisotopic (exact) mass is 1030 g/mol. The van der Waals surface area contributed by atoms with Gasteiger partial charge in [-0.1, -0.05) is 83.7 Å². The van der Waals surface area contributed by atoms with Crippen LogP contribution in [0.2, 0.25) is 0 Å². The fraction of sp³-hybridized carbons (Fsp3) is 0.561. The predicted octanol–water partition coefficient (Wildman–Crippen LogP) is 6.65. The summed E-state index contributed by atoms with van der Waals surface area (Å²) in [6, 6.07) is 14.8. The average molecular weight is 1030 g/mol. The number of aromatic nitrogens is 3. The van der Waals surface area contributed by atoms with Crippen LogP contribution in [0.4, 0.5) is 15.9 Å². The topological polar surface area (TPSA) is 212 Å². The lowest BCUT2D eigenvalue weighted by molar-refractivity contribution is -0.144. The second-order valence-electron chi connectivity index (χ2n) is 21.8. The van der Waals surface area contributed by atoms with Crippen molar-refractivity contribution in [2.75, 3.05) is 57.5 Å². The van der Waals surface area contributed by atoms with Crippen LogP contribution in [-0.4, -0.2) is 119 Å². The molecule has 0 radical (unpaired) electrons. The van der Waals surface area contributed by atoms with E-state index < -0.39 is 29.2 Å². The summed E-state index contributed by atoms with van der Waals surface area (Å²) in [5, 5.41) is 20.7. The zero-order chi connectivity index (χ0) is 53.8. The van der Waals surface area contributed by atoms with Gasteiger partial charge in [-0.25, -0.2) is 9.37 Å². The molecule has 2 aromatic heterocycles. The van der Waals surface area contributed by atoms with Crippen LogP contribution in [0.1, 0.15) is 145 Å². The van der Waals surface area contributed by atoms with Crippen molar-refractivity contribution in [3.05, 3.63) is 95.2 Å². The summed E-state index contributed by atoms with van der Waals surface area (Å²) in [5.74, 6) is -1.27. The first-order valence-electron chi connectivity index (χ1n) is 27.2. The third-order valence-electron chi connectivity index (χ3n) is 15.3. The number of benzene rings is 2. The molecule has 2 saturated heterocycles. The molecule has 3 aliphatic rings. The minimum absolute atomic E-state index is 0.0125. The van der Waals surface area contributed by atoms with Crippen LogP contribution in [0.15, 0.2) is 67.0 Å². The number of likely N-dealkylation sites (N-methyl/N-ethyl adjacent to an activating group) is 1. The number of nitrogens with one attached hydrogen (secondary N) is 5. The molecule has 17 nitrogen and oxygen atoms in total. The number of rotatable bonds is 22. The minimum Gasteiger partial charge on any atom is -0.382 e. The Labute approximate surface area is 442 Å². The van der Waals surface area contributed by atoms with Crippen LogP contribution in [0, 0.1) is 17.2 Å². The van der Waals surface area contributed by atoms with Crippen LogP contribution in [0.25, 0.3) is 11.1 Å². The Hall–Kier alpha value is -6.40. The lowest BCUT2D eigenvalue weighted by Crippen LogP contribution is -2.53. The third kappa shape index (κ3) is 14.3. The van der Waals surface area contributed by atoms with Gasteiger partial charge >= 0.3 is 0 Å².